The van der Waals surface area contributed by atoms with Crippen molar-refractivity contribution in [1.82, 2.24) is 10.3 Å². The topological polar surface area (TPSA) is 83.8 Å². The van der Waals surface area contributed by atoms with Crippen molar-refractivity contribution < 1.29 is 28.5 Å². The van der Waals surface area contributed by atoms with Crippen LogP contribution in [0.5, 0.6) is 11.5 Å². The Hall–Kier alpha value is -2.59. The number of halogens is 3. The number of nitrogens with zero attached hydrogens (tertiary/aromatic N) is 1. The predicted molar refractivity (Wildman–Crippen MR) is 129 cm³/mol. The molecule has 0 radical (unpaired) electrons. The number of methoxy groups -OCH3 is 1. The van der Waals surface area contributed by atoms with E-state index in [0.29, 0.717) is 16.9 Å². The number of fused-ring (bicyclic) bond motifs is 3. The molecule has 5 rings (SSSR count). The first kappa shape index (κ1) is 24.1. The van der Waals surface area contributed by atoms with Crippen molar-refractivity contribution in [1.29, 1.82) is 0 Å². The molecule has 5 atom stereocenters. The maximum Gasteiger partial charge on any atom is 0.250 e. The van der Waals surface area contributed by atoms with Crippen molar-refractivity contribution in [2.75, 3.05) is 20.2 Å². The molecule has 0 bridgehead atoms. The van der Waals surface area contributed by atoms with Gasteiger partial charge in [-0.25, -0.2) is 8.78 Å². The van der Waals surface area contributed by atoms with Gasteiger partial charge in [-0.1, -0.05) is 58.4 Å². The monoisotopic (exact) mass is 546 g/mol. The number of alkyl halides is 2. The van der Waals surface area contributed by atoms with E-state index >= 15 is 0 Å². The van der Waals surface area contributed by atoms with Crippen LogP contribution in [-0.4, -0.2) is 47.9 Å². The van der Waals surface area contributed by atoms with Crippen LogP contribution in [0.2, 0.25) is 0 Å². The van der Waals surface area contributed by atoms with E-state index in [1.807, 2.05) is 54.6 Å². The normalized spacial score (nSPS) is 29.1. The number of hydrogen-bond donors (Lipinski definition) is 3. The Balaban J connectivity index is 1.78. The average molecular weight is 547 g/mol. The molecule has 2 aromatic carbocycles. The van der Waals surface area contributed by atoms with Gasteiger partial charge in [-0.05, 0) is 23.3 Å². The summed E-state index contributed by atoms with van der Waals surface area (Å²) in [4.78, 5) is 4.19. The third-order valence-electron chi connectivity index (χ3n) is 7.12. The van der Waals surface area contributed by atoms with E-state index in [4.69, 9.17) is 9.47 Å². The number of pyridine rings is 1. The summed E-state index contributed by atoms with van der Waals surface area (Å²) in [6.07, 6.45) is -0.966. The van der Waals surface area contributed by atoms with Crippen LogP contribution in [0.4, 0.5) is 8.78 Å². The summed E-state index contributed by atoms with van der Waals surface area (Å²) in [5.41, 5.74) is -1.71. The van der Waals surface area contributed by atoms with E-state index in [9.17, 15) is 19.0 Å². The third kappa shape index (κ3) is 3.56. The summed E-state index contributed by atoms with van der Waals surface area (Å²) >= 11 is 3.46. The Kier molecular flexibility index (Phi) is 6.29. The second-order valence-electron chi connectivity index (χ2n) is 8.87. The Morgan fingerprint density at radius 1 is 1.14 bits per heavy atom. The molecule has 3 N–H and O–H groups in total. The van der Waals surface area contributed by atoms with Crippen LogP contribution < -0.4 is 14.8 Å². The van der Waals surface area contributed by atoms with Gasteiger partial charge in [-0.2, -0.15) is 0 Å². The second kappa shape index (κ2) is 9.13. The van der Waals surface area contributed by atoms with E-state index in [-0.39, 0.29) is 12.3 Å². The van der Waals surface area contributed by atoms with Crippen LogP contribution in [0, 0.1) is 5.92 Å². The highest BCUT2D eigenvalue weighted by molar-refractivity contribution is 9.10. The zero-order valence-electron chi connectivity index (χ0n) is 18.9. The lowest BCUT2D eigenvalue weighted by Crippen LogP contribution is -2.52. The van der Waals surface area contributed by atoms with Gasteiger partial charge in [0.1, 0.15) is 11.5 Å². The maximum absolute atomic E-state index is 13.0. The molecular formula is C26H25BrF2N2O4. The van der Waals surface area contributed by atoms with Crippen molar-refractivity contribution in [3.63, 3.8) is 0 Å². The first-order chi connectivity index (χ1) is 16.8. The molecular weight excluding hydrogens is 522 g/mol. The predicted octanol–water partition coefficient (Wildman–Crippen LogP) is 3.96. The van der Waals surface area contributed by atoms with E-state index < -0.39 is 42.1 Å². The molecule has 1 aliphatic heterocycles. The summed E-state index contributed by atoms with van der Waals surface area (Å²) in [6.45, 7) is -0.489. The van der Waals surface area contributed by atoms with Crippen LogP contribution in [0.1, 0.15) is 22.6 Å². The van der Waals surface area contributed by atoms with E-state index in [1.165, 1.54) is 19.5 Å². The molecule has 0 saturated heterocycles. The molecule has 9 heteroatoms. The highest BCUT2D eigenvalue weighted by Gasteiger charge is 2.76. The molecule has 6 nitrogen and oxygen atoms in total. The molecule has 5 unspecified atom stereocenters. The van der Waals surface area contributed by atoms with Crippen molar-refractivity contribution >= 4 is 15.9 Å². The minimum atomic E-state index is -2.55. The fraction of sp³-hybridized carbons (Fsp3) is 0.346. The van der Waals surface area contributed by atoms with Crippen LogP contribution in [0.15, 0.2) is 71.5 Å². The largest absolute Gasteiger partial charge is 0.495 e. The first-order valence-corrected chi connectivity index (χ1v) is 12.1. The van der Waals surface area contributed by atoms with Gasteiger partial charge in [0.05, 0.1) is 37.7 Å². The van der Waals surface area contributed by atoms with E-state index in [1.54, 1.807) is 0 Å². The molecule has 3 aromatic rings. The zero-order chi connectivity index (χ0) is 24.8. The smallest absolute Gasteiger partial charge is 0.250 e. The van der Waals surface area contributed by atoms with Gasteiger partial charge in [0.25, 0.3) is 6.43 Å². The SMILES string of the molecule is COc1cncc2c1C1(O)C(O)C(CNCC(F)F)C(c3ccccc3)C1(c1ccc(Br)cc1)O2. The van der Waals surface area contributed by atoms with Gasteiger partial charge in [0, 0.05) is 22.9 Å². The molecule has 35 heavy (non-hydrogen) atoms. The van der Waals surface area contributed by atoms with E-state index in [0.717, 1.165) is 10.0 Å². The molecule has 2 heterocycles. The lowest BCUT2D eigenvalue weighted by Gasteiger charge is -2.41. The highest BCUT2D eigenvalue weighted by atomic mass is 79.9. The Morgan fingerprint density at radius 2 is 1.86 bits per heavy atom. The standard InChI is InChI=1S/C26H25BrF2N2O4/c1-34-19-12-31-13-20-23(19)25(33)24(32)18(11-30-14-21(28)29)22(15-5-3-2-4-6-15)26(25,35-20)16-7-9-17(27)10-8-16/h2-10,12-13,18,21-22,24,30,32-33H,11,14H2,1H3. The fourth-order valence-electron chi connectivity index (χ4n) is 5.82. The molecule has 1 aromatic heterocycles. The van der Waals surface area contributed by atoms with Crippen molar-refractivity contribution in [2.24, 2.45) is 5.92 Å². The van der Waals surface area contributed by atoms with Crippen molar-refractivity contribution in [3.05, 3.63) is 88.2 Å². The minimum absolute atomic E-state index is 0.0394. The number of nitrogens with one attached hydrogen (secondary N) is 1. The average Bonchev–Trinajstić information content (AvgIpc) is 3.23. The van der Waals surface area contributed by atoms with Gasteiger partial charge < -0.3 is 25.0 Å². The van der Waals surface area contributed by atoms with Crippen LogP contribution in [0.3, 0.4) is 0 Å². The van der Waals surface area contributed by atoms with Crippen molar-refractivity contribution in [2.45, 2.75) is 29.6 Å². The summed E-state index contributed by atoms with van der Waals surface area (Å²) < 4.78 is 39.0. The third-order valence-corrected chi connectivity index (χ3v) is 7.65. The molecule has 1 fully saturated rings. The van der Waals surface area contributed by atoms with Gasteiger partial charge >= 0.3 is 0 Å². The first-order valence-electron chi connectivity index (χ1n) is 11.3. The van der Waals surface area contributed by atoms with Gasteiger partial charge in [0.15, 0.2) is 11.2 Å². The maximum atomic E-state index is 13.0. The number of aliphatic hydroxyl groups excluding tert-OH is 1. The molecule has 2 aliphatic rings. The van der Waals surface area contributed by atoms with Gasteiger partial charge in [-0.15, -0.1) is 0 Å². The number of aromatic nitrogens is 1. The number of ether oxygens (including phenoxy) is 2. The number of rotatable bonds is 7. The quantitative estimate of drug-likeness (QED) is 0.416. The Morgan fingerprint density at radius 3 is 2.51 bits per heavy atom. The molecule has 1 aliphatic carbocycles. The Bertz CT molecular complexity index is 1200. The van der Waals surface area contributed by atoms with Crippen LogP contribution in [-0.2, 0) is 11.2 Å². The summed E-state index contributed by atoms with van der Waals surface area (Å²) in [5, 5.41) is 27.2. The summed E-state index contributed by atoms with van der Waals surface area (Å²) in [7, 11) is 1.46. The molecule has 0 spiro atoms. The minimum Gasteiger partial charge on any atom is -0.495 e. The summed E-state index contributed by atoms with van der Waals surface area (Å²) in [5.74, 6) is -0.701. The number of aliphatic hydroxyl groups is 2. The van der Waals surface area contributed by atoms with Crippen LogP contribution in [0.25, 0.3) is 0 Å². The molecule has 0 amide bonds. The lowest BCUT2D eigenvalue weighted by molar-refractivity contribution is -0.152. The number of hydrogen-bond acceptors (Lipinski definition) is 6. The molecule has 184 valence electrons. The number of benzene rings is 2. The van der Waals surface area contributed by atoms with Gasteiger partial charge in [0.2, 0.25) is 0 Å². The van der Waals surface area contributed by atoms with Gasteiger partial charge in [-0.3, -0.25) is 4.98 Å². The lowest BCUT2D eigenvalue weighted by atomic mass is 9.70. The molecule has 1 saturated carbocycles. The fourth-order valence-corrected chi connectivity index (χ4v) is 6.08. The summed E-state index contributed by atoms with van der Waals surface area (Å²) in [6, 6.07) is 16.7. The highest BCUT2D eigenvalue weighted by Crippen LogP contribution is 2.69. The van der Waals surface area contributed by atoms with Crippen LogP contribution >= 0.6 is 15.9 Å². The van der Waals surface area contributed by atoms with E-state index in [2.05, 4.69) is 26.2 Å². The Labute approximate surface area is 210 Å². The second-order valence-corrected chi connectivity index (χ2v) is 9.79. The van der Waals surface area contributed by atoms with Crippen molar-refractivity contribution in [3.8, 4) is 11.5 Å². The zero-order valence-corrected chi connectivity index (χ0v) is 20.5.